The van der Waals surface area contributed by atoms with Crippen molar-refractivity contribution in [2.24, 2.45) is 0 Å². The third-order valence-electron chi connectivity index (χ3n) is 3.62. The van der Waals surface area contributed by atoms with Crippen LogP contribution in [0.4, 0.5) is 0 Å². The first-order valence-corrected chi connectivity index (χ1v) is 8.76. The number of phenolic OH excluding ortho intramolecular Hbond substituents is 1. The van der Waals surface area contributed by atoms with Crippen molar-refractivity contribution in [1.82, 2.24) is 5.32 Å². The molecular weight excluding hydrogens is 418 g/mol. The molecule has 142 valence electrons. The summed E-state index contributed by atoms with van der Waals surface area (Å²) in [5, 5.41) is 12.2. The highest BCUT2D eigenvalue weighted by Gasteiger charge is 2.23. The molecule has 0 aliphatic carbocycles. The summed E-state index contributed by atoms with van der Waals surface area (Å²) in [6.07, 6.45) is 0.236. The second-order valence-electron chi connectivity index (χ2n) is 5.57. The molecule has 0 saturated carbocycles. The zero-order valence-electron chi connectivity index (χ0n) is 14.5. The van der Waals surface area contributed by atoms with E-state index in [0.29, 0.717) is 4.47 Å². The second kappa shape index (κ2) is 9.72. The fraction of sp³-hybridized carbons (Fsp3) is 0.211. The lowest BCUT2D eigenvalue weighted by Crippen LogP contribution is -2.44. The average molecular weight is 436 g/mol. The zero-order valence-corrected chi connectivity index (χ0v) is 16.1. The van der Waals surface area contributed by atoms with E-state index in [0.717, 1.165) is 5.56 Å². The smallest absolute Gasteiger partial charge is 0.342 e. The lowest BCUT2D eigenvalue weighted by Gasteiger charge is -2.16. The molecule has 0 fully saturated rings. The quantitative estimate of drug-likeness (QED) is 0.646. The van der Waals surface area contributed by atoms with Gasteiger partial charge in [0.05, 0.1) is 7.11 Å². The van der Waals surface area contributed by atoms with Gasteiger partial charge in [0.15, 0.2) is 6.61 Å². The van der Waals surface area contributed by atoms with Crippen LogP contribution in [0.15, 0.2) is 53.0 Å². The standard InChI is InChI=1S/C19H18BrNO6/c1-26-19(25)15(9-12-5-3-2-4-6-12)21-17(23)11-27-18(24)14-10-13(20)7-8-16(14)22/h2-8,10,15,22H,9,11H2,1H3,(H,21,23)/t15-/m0/s1. The third kappa shape index (κ3) is 6.10. The second-order valence-corrected chi connectivity index (χ2v) is 6.49. The van der Waals surface area contributed by atoms with Crippen molar-refractivity contribution < 1.29 is 29.0 Å². The van der Waals surface area contributed by atoms with Gasteiger partial charge in [-0.1, -0.05) is 46.3 Å². The molecule has 0 heterocycles. The lowest BCUT2D eigenvalue weighted by molar-refractivity contribution is -0.145. The highest BCUT2D eigenvalue weighted by atomic mass is 79.9. The maximum absolute atomic E-state index is 12.1. The topological polar surface area (TPSA) is 102 Å². The predicted octanol–water partition coefficient (Wildman–Crippen LogP) is 2.21. The van der Waals surface area contributed by atoms with E-state index in [1.165, 1.54) is 19.2 Å². The summed E-state index contributed by atoms with van der Waals surface area (Å²) in [5.74, 6) is -2.39. The molecule has 2 aromatic rings. The molecule has 8 heteroatoms. The fourth-order valence-corrected chi connectivity index (χ4v) is 2.66. The van der Waals surface area contributed by atoms with Crippen molar-refractivity contribution in [2.45, 2.75) is 12.5 Å². The molecule has 0 bridgehead atoms. The van der Waals surface area contributed by atoms with Gasteiger partial charge in [-0.2, -0.15) is 0 Å². The highest BCUT2D eigenvalue weighted by molar-refractivity contribution is 9.10. The number of esters is 2. The van der Waals surface area contributed by atoms with Crippen LogP contribution in [0, 0.1) is 0 Å². The molecule has 0 unspecified atom stereocenters. The van der Waals surface area contributed by atoms with Crippen molar-refractivity contribution in [3.05, 3.63) is 64.1 Å². The molecule has 0 spiro atoms. The third-order valence-corrected chi connectivity index (χ3v) is 4.11. The molecule has 2 rings (SSSR count). The van der Waals surface area contributed by atoms with Gasteiger partial charge in [-0.15, -0.1) is 0 Å². The molecule has 1 atom stereocenters. The van der Waals surface area contributed by atoms with E-state index < -0.39 is 30.5 Å². The molecule has 7 nitrogen and oxygen atoms in total. The van der Waals surface area contributed by atoms with Crippen LogP contribution < -0.4 is 5.32 Å². The van der Waals surface area contributed by atoms with Gasteiger partial charge in [0.1, 0.15) is 17.4 Å². The summed E-state index contributed by atoms with van der Waals surface area (Å²) in [6, 6.07) is 12.5. The van der Waals surface area contributed by atoms with E-state index in [2.05, 4.69) is 21.2 Å². The predicted molar refractivity (Wildman–Crippen MR) is 100 cm³/mol. The van der Waals surface area contributed by atoms with Crippen LogP contribution in [0.5, 0.6) is 5.75 Å². The first-order chi connectivity index (χ1) is 12.9. The van der Waals surface area contributed by atoms with Crippen LogP contribution in [-0.4, -0.2) is 42.7 Å². The Kier molecular flexibility index (Phi) is 7.36. The molecule has 1 amide bonds. The molecule has 0 aliphatic rings. The minimum Gasteiger partial charge on any atom is -0.507 e. The Labute approximate surface area is 164 Å². The number of rotatable bonds is 7. The largest absolute Gasteiger partial charge is 0.507 e. The van der Waals surface area contributed by atoms with E-state index in [-0.39, 0.29) is 17.7 Å². The van der Waals surface area contributed by atoms with Crippen LogP contribution in [0.2, 0.25) is 0 Å². The SMILES string of the molecule is COC(=O)[C@H](Cc1ccccc1)NC(=O)COC(=O)c1cc(Br)ccc1O. The van der Waals surface area contributed by atoms with Crippen molar-refractivity contribution in [2.75, 3.05) is 13.7 Å². The van der Waals surface area contributed by atoms with Gasteiger partial charge >= 0.3 is 11.9 Å². The lowest BCUT2D eigenvalue weighted by atomic mass is 10.1. The molecule has 0 aliphatic heterocycles. The Hall–Kier alpha value is -2.87. The summed E-state index contributed by atoms with van der Waals surface area (Å²) in [6.45, 7) is -0.604. The Morgan fingerprint density at radius 2 is 1.85 bits per heavy atom. The molecular formula is C19H18BrNO6. The summed E-state index contributed by atoms with van der Waals surface area (Å²) in [4.78, 5) is 36.0. The number of halogens is 1. The van der Waals surface area contributed by atoms with E-state index >= 15 is 0 Å². The summed E-state index contributed by atoms with van der Waals surface area (Å²) in [5.41, 5.74) is 0.759. The van der Waals surface area contributed by atoms with E-state index in [4.69, 9.17) is 9.47 Å². The van der Waals surface area contributed by atoms with E-state index in [1.54, 1.807) is 6.07 Å². The van der Waals surface area contributed by atoms with E-state index in [9.17, 15) is 19.5 Å². The molecule has 0 radical (unpaired) electrons. The van der Waals surface area contributed by atoms with Crippen molar-refractivity contribution >= 4 is 33.8 Å². The molecule has 27 heavy (non-hydrogen) atoms. The number of methoxy groups -OCH3 is 1. The average Bonchev–Trinajstić information content (AvgIpc) is 2.67. The number of benzene rings is 2. The number of ether oxygens (including phenoxy) is 2. The number of phenols is 1. The molecule has 2 aromatic carbocycles. The highest BCUT2D eigenvalue weighted by Crippen LogP contribution is 2.22. The Morgan fingerprint density at radius 1 is 1.15 bits per heavy atom. The van der Waals surface area contributed by atoms with Gasteiger partial charge < -0.3 is 19.9 Å². The number of amides is 1. The normalized spacial score (nSPS) is 11.3. The number of hydrogen-bond acceptors (Lipinski definition) is 6. The summed E-state index contributed by atoms with van der Waals surface area (Å²) < 4.78 is 10.2. The first kappa shape index (κ1) is 20.4. The van der Waals surface area contributed by atoms with Crippen molar-refractivity contribution in [3.63, 3.8) is 0 Å². The van der Waals surface area contributed by atoms with Gasteiger partial charge in [-0.3, -0.25) is 4.79 Å². The number of aromatic hydroxyl groups is 1. The fourth-order valence-electron chi connectivity index (χ4n) is 2.30. The van der Waals surface area contributed by atoms with E-state index in [1.807, 2.05) is 30.3 Å². The maximum atomic E-state index is 12.1. The number of carbonyl (C=O) groups is 3. The van der Waals surface area contributed by atoms with Crippen LogP contribution in [0.3, 0.4) is 0 Å². The summed E-state index contributed by atoms with van der Waals surface area (Å²) >= 11 is 3.18. The molecule has 2 N–H and O–H groups in total. The minimum absolute atomic E-state index is 0.0778. The number of carbonyl (C=O) groups excluding carboxylic acids is 3. The molecule has 0 saturated heterocycles. The van der Waals surface area contributed by atoms with Crippen LogP contribution in [0.25, 0.3) is 0 Å². The number of nitrogens with one attached hydrogen (secondary N) is 1. The van der Waals surface area contributed by atoms with Gasteiger partial charge in [0.2, 0.25) is 0 Å². The Morgan fingerprint density at radius 3 is 2.52 bits per heavy atom. The van der Waals surface area contributed by atoms with Crippen LogP contribution >= 0.6 is 15.9 Å². The van der Waals surface area contributed by atoms with Gasteiger partial charge in [-0.05, 0) is 23.8 Å². The van der Waals surface area contributed by atoms with Gasteiger partial charge in [0.25, 0.3) is 5.91 Å². The zero-order chi connectivity index (χ0) is 19.8. The van der Waals surface area contributed by atoms with Crippen molar-refractivity contribution in [1.29, 1.82) is 0 Å². The monoisotopic (exact) mass is 435 g/mol. The first-order valence-electron chi connectivity index (χ1n) is 7.97. The van der Waals surface area contributed by atoms with Crippen LogP contribution in [0.1, 0.15) is 15.9 Å². The Bertz CT molecular complexity index is 824. The van der Waals surface area contributed by atoms with Gasteiger partial charge in [0, 0.05) is 10.9 Å². The molecule has 0 aromatic heterocycles. The maximum Gasteiger partial charge on any atom is 0.342 e. The van der Waals surface area contributed by atoms with Gasteiger partial charge in [-0.25, -0.2) is 9.59 Å². The Balaban J connectivity index is 1.96. The summed E-state index contributed by atoms with van der Waals surface area (Å²) in [7, 11) is 1.22. The van der Waals surface area contributed by atoms with Crippen LogP contribution in [-0.2, 0) is 25.5 Å². The number of hydrogen-bond donors (Lipinski definition) is 2. The van der Waals surface area contributed by atoms with Crippen molar-refractivity contribution in [3.8, 4) is 5.75 Å². The minimum atomic E-state index is -0.914.